The van der Waals surface area contributed by atoms with Crippen LogP contribution in [0.1, 0.15) is 39.5 Å². The number of ether oxygens (including phenoxy) is 1. The molecule has 4 aliphatic heterocycles. The van der Waals surface area contributed by atoms with Gasteiger partial charge >= 0.3 is 0 Å². The van der Waals surface area contributed by atoms with Crippen LogP contribution in [0.5, 0.6) is 0 Å². The molecule has 0 aromatic carbocycles. The maximum absolute atomic E-state index is 12.1. The van der Waals surface area contributed by atoms with E-state index in [0.29, 0.717) is 56.1 Å². The van der Waals surface area contributed by atoms with E-state index in [0.717, 1.165) is 43.5 Å². The van der Waals surface area contributed by atoms with Gasteiger partial charge in [0.15, 0.2) is 0 Å². The third-order valence-corrected chi connectivity index (χ3v) is 7.92. The van der Waals surface area contributed by atoms with Gasteiger partial charge in [-0.05, 0) is 43.8 Å². The number of nitrogens with one attached hydrogen (secondary N) is 2. The van der Waals surface area contributed by atoms with E-state index in [4.69, 9.17) is 4.74 Å². The molecule has 0 bridgehead atoms. The molecule has 8 heteroatoms. The van der Waals surface area contributed by atoms with Crippen LogP contribution in [0, 0.1) is 17.2 Å². The van der Waals surface area contributed by atoms with Crippen LogP contribution in [0.4, 0.5) is 0 Å². The summed E-state index contributed by atoms with van der Waals surface area (Å²) in [6, 6.07) is 0.722. The minimum atomic E-state index is 0.0718. The average Bonchev–Trinajstić information content (AvgIpc) is 3.13. The molecule has 3 atom stereocenters. The normalized spacial score (nSPS) is 30.0. The van der Waals surface area contributed by atoms with Crippen molar-refractivity contribution in [1.29, 1.82) is 5.41 Å². The first-order valence-electron chi connectivity index (χ1n) is 12.3. The summed E-state index contributed by atoms with van der Waals surface area (Å²) in [5.74, 6) is 1.50. The Hall–Kier alpha value is -2.61. The van der Waals surface area contributed by atoms with Crippen molar-refractivity contribution in [3.63, 3.8) is 0 Å². The Morgan fingerprint density at radius 2 is 2.09 bits per heavy atom. The van der Waals surface area contributed by atoms with Gasteiger partial charge in [0, 0.05) is 62.6 Å². The Morgan fingerprint density at radius 1 is 1.27 bits per heavy atom. The number of carbonyl (C=O) groups is 1. The molecule has 1 fully saturated rings. The number of carbonyl (C=O) groups excluding carboxylic acids is 1. The Labute approximate surface area is 196 Å². The topological polar surface area (TPSA) is 84.3 Å². The number of amidine groups is 1. The van der Waals surface area contributed by atoms with Gasteiger partial charge in [-0.15, -0.1) is 0 Å². The van der Waals surface area contributed by atoms with Crippen molar-refractivity contribution in [1.82, 2.24) is 20.1 Å². The van der Waals surface area contributed by atoms with Gasteiger partial charge in [0.25, 0.3) is 0 Å². The molecule has 0 radical (unpaired) electrons. The molecule has 0 aromatic rings. The highest BCUT2D eigenvalue weighted by Crippen LogP contribution is 2.38. The lowest BCUT2D eigenvalue weighted by molar-refractivity contribution is -0.128. The maximum Gasteiger partial charge on any atom is 0.219 e. The highest BCUT2D eigenvalue weighted by Gasteiger charge is 2.36. The summed E-state index contributed by atoms with van der Waals surface area (Å²) < 4.78 is 5.34. The summed E-state index contributed by atoms with van der Waals surface area (Å²) in [6.45, 7) is 7.33. The lowest BCUT2D eigenvalue weighted by Gasteiger charge is -2.40. The van der Waals surface area contributed by atoms with Crippen molar-refractivity contribution in [2.24, 2.45) is 16.9 Å². The number of amides is 1. The fraction of sp³-hybridized carbons (Fsp3) is 0.640. The molecular formula is C25H36N6O2. The smallest absolute Gasteiger partial charge is 0.219 e. The molecule has 3 unspecified atom stereocenters. The summed E-state index contributed by atoms with van der Waals surface area (Å²) >= 11 is 0. The summed E-state index contributed by atoms with van der Waals surface area (Å²) in [6.07, 6.45) is 10.6. The molecule has 1 saturated heterocycles. The van der Waals surface area contributed by atoms with Crippen LogP contribution in [0.2, 0.25) is 0 Å². The van der Waals surface area contributed by atoms with Crippen molar-refractivity contribution in [3.05, 3.63) is 34.7 Å². The van der Waals surface area contributed by atoms with Crippen LogP contribution in [-0.2, 0) is 9.53 Å². The van der Waals surface area contributed by atoms with Crippen LogP contribution in [0.25, 0.3) is 0 Å². The lowest BCUT2D eigenvalue weighted by Crippen LogP contribution is -2.50. The molecular weight excluding hydrogens is 416 g/mol. The first-order valence-corrected chi connectivity index (χ1v) is 12.3. The molecule has 0 saturated carbocycles. The zero-order chi connectivity index (χ0) is 23.1. The molecule has 2 N–H and O–H groups in total. The fourth-order valence-corrected chi connectivity index (χ4v) is 5.63. The third-order valence-electron chi connectivity index (χ3n) is 7.92. The van der Waals surface area contributed by atoms with Gasteiger partial charge in [-0.3, -0.25) is 15.2 Å². The van der Waals surface area contributed by atoms with E-state index in [9.17, 15) is 10.2 Å². The van der Waals surface area contributed by atoms with Crippen molar-refractivity contribution in [2.45, 2.75) is 51.6 Å². The number of hydrazone groups is 1. The zero-order valence-corrected chi connectivity index (χ0v) is 20.0. The molecule has 5 rings (SSSR count). The number of nitrogens with zero attached hydrogens (tertiary/aromatic N) is 4. The largest absolute Gasteiger partial charge is 0.381 e. The highest BCUT2D eigenvalue weighted by molar-refractivity contribution is 5.99. The van der Waals surface area contributed by atoms with Crippen molar-refractivity contribution >= 4 is 18.0 Å². The number of hydrogen-bond donors (Lipinski definition) is 2. The molecule has 1 aliphatic carbocycles. The SMILES string of the molecule is CC(=O)N1CCC(NC2COC2)=C(C(=N)N2CCCC3=C2C=CC(C2C=NN(C)C2C)C3)C1. The molecule has 5 aliphatic rings. The van der Waals surface area contributed by atoms with Crippen LogP contribution in [0.15, 0.2) is 39.8 Å². The maximum atomic E-state index is 12.1. The molecule has 8 nitrogen and oxygen atoms in total. The first-order chi connectivity index (χ1) is 15.9. The predicted octanol–water partition coefficient (Wildman–Crippen LogP) is 2.32. The second-order valence-corrected chi connectivity index (χ2v) is 10.0. The lowest BCUT2D eigenvalue weighted by atomic mass is 9.78. The van der Waals surface area contributed by atoms with Crippen molar-refractivity contribution in [2.75, 3.05) is 39.9 Å². The highest BCUT2D eigenvalue weighted by atomic mass is 16.5. The predicted molar refractivity (Wildman–Crippen MR) is 129 cm³/mol. The van der Waals surface area contributed by atoms with E-state index in [1.807, 2.05) is 11.9 Å². The third kappa shape index (κ3) is 4.21. The summed E-state index contributed by atoms with van der Waals surface area (Å²) in [7, 11) is 2.05. The minimum absolute atomic E-state index is 0.0718. The van der Waals surface area contributed by atoms with E-state index in [2.05, 4.69) is 45.6 Å². The quantitative estimate of drug-likeness (QED) is 0.505. The van der Waals surface area contributed by atoms with Crippen molar-refractivity contribution < 1.29 is 9.53 Å². The second-order valence-electron chi connectivity index (χ2n) is 10.0. The van der Waals surface area contributed by atoms with E-state index < -0.39 is 0 Å². The summed E-state index contributed by atoms with van der Waals surface area (Å²) in [5, 5.41) is 19.4. The molecule has 33 heavy (non-hydrogen) atoms. The number of rotatable bonds is 4. The van der Waals surface area contributed by atoms with Crippen LogP contribution in [-0.4, -0.2) is 84.7 Å². The number of hydrogen-bond acceptors (Lipinski definition) is 6. The van der Waals surface area contributed by atoms with E-state index >= 15 is 0 Å². The first kappa shape index (κ1) is 22.2. The Balaban J connectivity index is 1.38. The Kier molecular flexibility index (Phi) is 6.03. The van der Waals surface area contributed by atoms with Crippen LogP contribution < -0.4 is 5.32 Å². The second kappa shape index (κ2) is 8.97. The monoisotopic (exact) mass is 452 g/mol. The van der Waals surface area contributed by atoms with Gasteiger partial charge in [-0.2, -0.15) is 5.10 Å². The molecule has 0 spiro atoms. The van der Waals surface area contributed by atoms with Gasteiger partial charge in [0.1, 0.15) is 5.84 Å². The fourth-order valence-electron chi connectivity index (χ4n) is 5.63. The molecule has 0 aromatic heterocycles. The zero-order valence-electron chi connectivity index (χ0n) is 20.0. The standard InChI is InChI=1S/C25H36N6O2/c1-16-21(12-27-29(16)3)18-6-7-24-19(11-18)5-4-9-31(24)25(26)22-13-30(17(2)32)10-8-23(22)28-20-14-33-15-20/h6-7,12,16,18,20-21,26,28H,4-5,8-11,13-15H2,1-3H3. The van der Waals surface area contributed by atoms with Gasteiger partial charge in [-0.1, -0.05) is 6.08 Å². The number of allylic oxidation sites excluding steroid dienone is 3. The van der Waals surface area contributed by atoms with Gasteiger partial charge in [-0.25, -0.2) is 0 Å². The van der Waals surface area contributed by atoms with E-state index in [-0.39, 0.29) is 5.91 Å². The van der Waals surface area contributed by atoms with Crippen LogP contribution >= 0.6 is 0 Å². The Morgan fingerprint density at radius 3 is 2.76 bits per heavy atom. The van der Waals surface area contributed by atoms with Gasteiger partial charge in [0.05, 0.1) is 31.8 Å². The molecule has 4 heterocycles. The van der Waals surface area contributed by atoms with E-state index in [1.165, 1.54) is 11.3 Å². The van der Waals surface area contributed by atoms with Gasteiger partial charge in [0.2, 0.25) is 5.91 Å². The molecule has 1 amide bonds. The molecule has 178 valence electrons. The van der Waals surface area contributed by atoms with Gasteiger partial charge < -0.3 is 19.9 Å². The summed E-state index contributed by atoms with van der Waals surface area (Å²) in [5.41, 5.74) is 4.70. The van der Waals surface area contributed by atoms with Crippen LogP contribution in [0.3, 0.4) is 0 Å². The van der Waals surface area contributed by atoms with Crippen molar-refractivity contribution in [3.8, 4) is 0 Å². The average molecular weight is 453 g/mol. The summed E-state index contributed by atoms with van der Waals surface area (Å²) in [4.78, 5) is 16.2. The van der Waals surface area contributed by atoms with E-state index in [1.54, 1.807) is 6.92 Å². The Bertz CT molecular complexity index is 947. The minimum Gasteiger partial charge on any atom is -0.381 e.